The summed E-state index contributed by atoms with van der Waals surface area (Å²) in [7, 11) is 0. The first-order valence-corrected chi connectivity index (χ1v) is 10.1. The van der Waals surface area contributed by atoms with Gasteiger partial charge in [-0.25, -0.2) is 0 Å². The van der Waals surface area contributed by atoms with Crippen LogP contribution in [0.3, 0.4) is 0 Å². The van der Waals surface area contributed by atoms with Crippen LogP contribution in [0.1, 0.15) is 28.8 Å². The summed E-state index contributed by atoms with van der Waals surface area (Å²) in [6.07, 6.45) is -2.95. The van der Waals surface area contributed by atoms with E-state index in [0.29, 0.717) is 37.7 Å². The number of morpholine rings is 1. The van der Waals surface area contributed by atoms with Crippen molar-refractivity contribution in [1.29, 1.82) is 0 Å². The van der Waals surface area contributed by atoms with Gasteiger partial charge in [-0.3, -0.25) is 9.59 Å². The highest BCUT2D eigenvalue weighted by Crippen LogP contribution is 2.38. The highest BCUT2D eigenvalue weighted by Gasteiger charge is 2.35. The molecule has 0 aromatic heterocycles. The first-order chi connectivity index (χ1) is 14.8. The predicted octanol–water partition coefficient (Wildman–Crippen LogP) is 4.14. The lowest BCUT2D eigenvalue weighted by atomic mass is 10.1. The van der Waals surface area contributed by atoms with Crippen LogP contribution in [0.25, 0.3) is 0 Å². The number of amides is 2. The normalized spacial score (nSPS) is 16.7. The van der Waals surface area contributed by atoms with E-state index in [0.717, 1.165) is 18.9 Å². The highest BCUT2D eigenvalue weighted by atomic mass is 19.4. The molecule has 164 valence electrons. The zero-order valence-corrected chi connectivity index (χ0v) is 16.7. The van der Waals surface area contributed by atoms with E-state index in [1.165, 1.54) is 18.2 Å². The van der Waals surface area contributed by atoms with Gasteiger partial charge in [-0.2, -0.15) is 13.2 Å². The molecule has 2 amide bonds. The van der Waals surface area contributed by atoms with Gasteiger partial charge >= 0.3 is 6.18 Å². The van der Waals surface area contributed by atoms with Gasteiger partial charge in [-0.1, -0.05) is 6.07 Å². The van der Waals surface area contributed by atoms with E-state index in [1.54, 1.807) is 18.2 Å². The van der Waals surface area contributed by atoms with Gasteiger partial charge in [-0.05, 0) is 49.2 Å². The van der Waals surface area contributed by atoms with Crippen LogP contribution in [0.2, 0.25) is 0 Å². The van der Waals surface area contributed by atoms with Crippen molar-refractivity contribution in [2.24, 2.45) is 5.92 Å². The fourth-order valence-corrected chi connectivity index (χ4v) is 3.42. The lowest BCUT2D eigenvalue weighted by Gasteiger charge is -2.29. The standard InChI is InChI=1S/C22H22F3N3O3/c23-22(24,25)18-13-17(28-8-10-31-11-9-28)6-7-19(18)27-21(30)15-2-1-3-16(12-15)26-20(29)14-4-5-14/h1-3,6-7,12-14H,4-5,8-11H2,(H,26,29)(H,27,30). The Bertz CT molecular complexity index is 983. The van der Waals surface area contributed by atoms with Crippen molar-refractivity contribution in [3.8, 4) is 0 Å². The minimum atomic E-state index is -4.63. The van der Waals surface area contributed by atoms with Crippen LogP contribution in [0.15, 0.2) is 42.5 Å². The third kappa shape index (κ3) is 5.16. The number of ether oxygens (including phenoxy) is 1. The predicted molar refractivity (Wildman–Crippen MR) is 110 cm³/mol. The molecule has 2 N–H and O–H groups in total. The SMILES string of the molecule is O=C(Nc1ccc(N2CCOCC2)cc1C(F)(F)F)c1cccc(NC(=O)C2CC2)c1. The average Bonchev–Trinajstić information content (AvgIpc) is 3.60. The van der Waals surface area contributed by atoms with Crippen molar-refractivity contribution in [3.05, 3.63) is 53.6 Å². The molecule has 2 fully saturated rings. The van der Waals surface area contributed by atoms with Crippen LogP contribution < -0.4 is 15.5 Å². The second-order valence-electron chi connectivity index (χ2n) is 7.63. The van der Waals surface area contributed by atoms with Gasteiger partial charge in [0.05, 0.1) is 24.5 Å². The van der Waals surface area contributed by atoms with Crippen molar-refractivity contribution in [3.63, 3.8) is 0 Å². The number of nitrogens with one attached hydrogen (secondary N) is 2. The summed E-state index contributed by atoms with van der Waals surface area (Å²) in [6.45, 7) is 1.91. The number of nitrogens with zero attached hydrogens (tertiary/aromatic N) is 1. The maximum atomic E-state index is 13.7. The summed E-state index contributed by atoms with van der Waals surface area (Å²) in [4.78, 5) is 26.4. The van der Waals surface area contributed by atoms with Crippen LogP contribution in [0.5, 0.6) is 0 Å². The fraction of sp³-hybridized carbons (Fsp3) is 0.364. The molecule has 2 aromatic rings. The summed E-state index contributed by atoms with van der Waals surface area (Å²) in [5, 5.41) is 5.09. The lowest BCUT2D eigenvalue weighted by molar-refractivity contribution is -0.136. The van der Waals surface area contributed by atoms with Crippen molar-refractivity contribution >= 4 is 28.9 Å². The van der Waals surface area contributed by atoms with Gasteiger partial charge in [0, 0.05) is 35.9 Å². The molecule has 1 aliphatic carbocycles. The molecule has 1 aliphatic heterocycles. The monoisotopic (exact) mass is 433 g/mol. The van der Waals surface area contributed by atoms with E-state index in [9.17, 15) is 22.8 Å². The molecule has 1 saturated heterocycles. The molecule has 31 heavy (non-hydrogen) atoms. The molecule has 1 heterocycles. The van der Waals surface area contributed by atoms with Gasteiger partial charge in [0.25, 0.3) is 5.91 Å². The van der Waals surface area contributed by atoms with Crippen molar-refractivity contribution in [1.82, 2.24) is 0 Å². The largest absolute Gasteiger partial charge is 0.418 e. The quantitative estimate of drug-likeness (QED) is 0.744. The third-order valence-electron chi connectivity index (χ3n) is 5.27. The Balaban J connectivity index is 1.53. The summed E-state index contributed by atoms with van der Waals surface area (Å²) in [5.41, 5.74) is -0.217. The molecule has 0 radical (unpaired) electrons. The van der Waals surface area contributed by atoms with Crippen LogP contribution in [0, 0.1) is 5.92 Å². The van der Waals surface area contributed by atoms with Crippen molar-refractivity contribution in [2.45, 2.75) is 19.0 Å². The molecule has 0 spiro atoms. The average molecular weight is 433 g/mol. The minimum absolute atomic E-state index is 0.00296. The maximum Gasteiger partial charge on any atom is 0.418 e. The summed E-state index contributed by atoms with van der Waals surface area (Å²) in [5.74, 6) is -0.806. The Morgan fingerprint density at radius 3 is 2.42 bits per heavy atom. The molecule has 9 heteroatoms. The molecule has 0 bridgehead atoms. The molecular weight excluding hydrogens is 411 g/mol. The summed E-state index contributed by atoms with van der Waals surface area (Å²) in [6, 6.07) is 10.0. The summed E-state index contributed by atoms with van der Waals surface area (Å²) < 4.78 is 46.3. The Hall–Kier alpha value is -3.07. The maximum absolute atomic E-state index is 13.7. The van der Waals surface area contributed by atoms with E-state index in [-0.39, 0.29) is 23.1 Å². The van der Waals surface area contributed by atoms with E-state index in [2.05, 4.69) is 10.6 Å². The Morgan fingerprint density at radius 2 is 1.74 bits per heavy atom. The molecule has 0 unspecified atom stereocenters. The number of hydrogen-bond acceptors (Lipinski definition) is 4. The second kappa shape index (κ2) is 8.58. The van der Waals surface area contributed by atoms with E-state index in [4.69, 9.17) is 4.74 Å². The number of carbonyl (C=O) groups excluding carboxylic acids is 2. The van der Waals surface area contributed by atoms with Crippen LogP contribution in [0.4, 0.5) is 30.2 Å². The first kappa shape index (κ1) is 21.2. The zero-order valence-electron chi connectivity index (χ0n) is 16.7. The molecule has 1 saturated carbocycles. The highest BCUT2D eigenvalue weighted by molar-refractivity contribution is 6.06. The molecule has 6 nitrogen and oxygen atoms in total. The lowest BCUT2D eigenvalue weighted by Crippen LogP contribution is -2.36. The van der Waals surface area contributed by atoms with Crippen LogP contribution >= 0.6 is 0 Å². The van der Waals surface area contributed by atoms with Crippen molar-refractivity contribution < 1.29 is 27.5 Å². The van der Waals surface area contributed by atoms with Gasteiger partial charge in [0.15, 0.2) is 0 Å². The summed E-state index contributed by atoms with van der Waals surface area (Å²) >= 11 is 0. The minimum Gasteiger partial charge on any atom is -0.378 e. The van der Waals surface area contributed by atoms with Crippen molar-refractivity contribution in [2.75, 3.05) is 41.8 Å². The number of rotatable bonds is 5. The number of hydrogen-bond donors (Lipinski definition) is 2. The smallest absolute Gasteiger partial charge is 0.378 e. The number of anilines is 3. The zero-order chi connectivity index (χ0) is 22.0. The van der Waals surface area contributed by atoms with Gasteiger partial charge in [-0.15, -0.1) is 0 Å². The van der Waals surface area contributed by atoms with E-state index < -0.39 is 17.6 Å². The number of alkyl halides is 3. The molecule has 2 aromatic carbocycles. The van der Waals surface area contributed by atoms with Crippen LogP contribution in [-0.4, -0.2) is 38.1 Å². The van der Waals surface area contributed by atoms with E-state index in [1.807, 2.05) is 4.90 Å². The first-order valence-electron chi connectivity index (χ1n) is 10.1. The topological polar surface area (TPSA) is 70.7 Å². The van der Waals surface area contributed by atoms with Gasteiger partial charge in [0.1, 0.15) is 0 Å². The number of benzene rings is 2. The Labute approximate surface area is 177 Å². The molecule has 0 atom stereocenters. The van der Waals surface area contributed by atoms with E-state index >= 15 is 0 Å². The molecule has 4 rings (SSSR count). The van der Waals surface area contributed by atoms with Crippen LogP contribution in [-0.2, 0) is 15.7 Å². The van der Waals surface area contributed by atoms with Gasteiger partial charge in [0.2, 0.25) is 5.91 Å². The second-order valence-corrected chi connectivity index (χ2v) is 7.63. The number of halogens is 3. The fourth-order valence-electron chi connectivity index (χ4n) is 3.42. The third-order valence-corrected chi connectivity index (χ3v) is 5.27. The Kier molecular flexibility index (Phi) is 5.86. The Morgan fingerprint density at radius 1 is 1.00 bits per heavy atom. The molecule has 2 aliphatic rings. The number of carbonyl (C=O) groups is 2. The molecular formula is C22H22F3N3O3. The van der Waals surface area contributed by atoms with Gasteiger partial charge < -0.3 is 20.3 Å².